The first kappa shape index (κ1) is 16.7. The van der Waals surface area contributed by atoms with E-state index in [0.717, 1.165) is 23.2 Å². The second-order valence-electron chi connectivity index (χ2n) is 6.31. The van der Waals surface area contributed by atoms with Crippen molar-refractivity contribution >= 4 is 5.97 Å². The highest BCUT2D eigenvalue weighted by atomic mass is 16.6. The van der Waals surface area contributed by atoms with E-state index in [9.17, 15) is 9.59 Å². The van der Waals surface area contributed by atoms with Crippen molar-refractivity contribution in [1.29, 1.82) is 0 Å². The Morgan fingerprint density at radius 2 is 1.88 bits per heavy atom. The van der Waals surface area contributed by atoms with Crippen LogP contribution < -0.4 is 14.9 Å². The number of aryl methyl sites for hydroxylation is 2. The van der Waals surface area contributed by atoms with Crippen LogP contribution >= 0.6 is 0 Å². The first-order valence-corrected chi connectivity index (χ1v) is 8.39. The van der Waals surface area contributed by atoms with Gasteiger partial charge in [-0.2, -0.15) is 0 Å². The highest BCUT2D eigenvalue weighted by Gasteiger charge is 2.24. The summed E-state index contributed by atoms with van der Waals surface area (Å²) in [5, 5.41) is 0. The second-order valence-corrected chi connectivity index (χ2v) is 6.31. The molecule has 1 unspecified atom stereocenters. The zero-order valence-electron chi connectivity index (χ0n) is 14.6. The number of esters is 1. The van der Waals surface area contributed by atoms with Crippen molar-refractivity contribution in [3.05, 3.63) is 45.7 Å². The van der Waals surface area contributed by atoms with Crippen LogP contribution in [0.3, 0.4) is 0 Å². The number of benzene rings is 1. The van der Waals surface area contributed by atoms with Crippen molar-refractivity contribution in [3.8, 4) is 22.8 Å². The highest BCUT2D eigenvalue weighted by molar-refractivity contribution is 5.89. The van der Waals surface area contributed by atoms with E-state index in [2.05, 4.69) is 4.74 Å². The molecule has 7 nitrogen and oxygen atoms in total. The number of ether oxygens (including phenoxy) is 4. The lowest BCUT2D eigenvalue weighted by atomic mass is 9.96. The van der Waals surface area contributed by atoms with E-state index >= 15 is 0 Å². The van der Waals surface area contributed by atoms with Crippen LogP contribution in [-0.2, 0) is 22.4 Å². The van der Waals surface area contributed by atoms with Crippen LogP contribution in [-0.4, -0.2) is 44.1 Å². The number of hydrogen-bond donors (Lipinski definition) is 0. The number of rotatable bonds is 2. The molecule has 7 heteroatoms. The first-order valence-electron chi connectivity index (χ1n) is 8.39. The lowest BCUT2D eigenvalue weighted by Crippen LogP contribution is -2.24. The highest BCUT2D eigenvalue weighted by Crippen LogP contribution is 2.39. The average Bonchev–Trinajstić information content (AvgIpc) is 2.87. The molecule has 1 aromatic heterocycles. The molecule has 0 radical (unpaired) electrons. The Morgan fingerprint density at radius 1 is 1.15 bits per heavy atom. The fourth-order valence-electron chi connectivity index (χ4n) is 3.32. The SMILES string of the molecule is COC(=O)c1cn2c(cc1=O)-c1cc3c(cc1CC2)OCC(OC)CO3. The number of aromatic nitrogens is 1. The van der Waals surface area contributed by atoms with Gasteiger partial charge >= 0.3 is 5.97 Å². The predicted molar refractivity (Wildman–Crippen MR) is 93.0 cm³/mol. The number of carbonyl (C=O) groups is 1. The standard InChI is InChI=1S/C19H19NO6/c1-23-12-9-25-17-5-11-3-4-20-8-14(19(22)24-2)16(21)7-15(20)13(11)6-18(17)26-10-12/h5-8,12H,3-4,9-10H2,1-2H3. The maximum absolute atomic E-state index is 12.3. The molecule has 0 aliphatic carbocycles. The summed E-state index contributed by atoms with van der Waals surface area (Å²) in [6.45, 7) is 1.49. The number of pyridine rings is 1. The van der Waals surface area contributed by atoms with Crippen LogP contribution in [0.5, 0.6) is 11.5 Å². The molecule has 0 fully saturated rings. The zero-order chi connectivity index (χ0) is 18.3. The summed E-state index contributed by atoms with van der Waals surface area (Å²) in [5.41, 5.74) is 2.42. The molecule has 0 bridgehead atoms. The van der Waals surface area contributed by atoms with E-state index in [-0.39, 0.29) is 17.1 Å². The Hall–Kier alpha value is -2.80. The summed E-state index contributed by atoms with van der Waals surface area (Å²) in [7, 11) is 2.89. The first-order chi connectivity index (χ1) is 12.6. The van der Waals surface area contributed by atoms with Gasteiger partial charge in [0.25, 0.3) is 0 Å². The fraction of sp³-hybridized carbons (Fsp3) is 0.368. The van der Waals surface area contributed by atoms with Crippen LogP contribution in [0.4, 0.5) is 0 Å². The predicted octanol–water partition coefficient (Wildman–Crippen LogP) is 1.64. The van der Waals surface area contributed by atoms with Gasteiger partial charge < -0.3 is 23.5 Å². The third-order valence-corrected chi connectivity index (χ3v) is 4.78. The van der Waals surface area contributed by atoms with Gasteiger partial charge in [-0.05, 0) is 24.1 Å². The number of carbonyl (C=O) groups excluding carboxylic acids is 1. The van der Waals surface area contributed by atoms with Gasteiger partial charge in [0.2, 0.25) is 0 Å². The summed E-state index contributed by atoms with van der Waals surface area (Å²) in [4.78, 5) is 24.1. The number of fused-ring (bicyclic) bond motifs is 4. The number of nitrogens with zero attached hydrogens (tertiary/aromatic N) is 1. The van der Waals surface area contributed by atoms with Crippen LogP contribution in [0.15, 0.2) is 29.2 Å². The van der Waals surface area contributed by atoms with Crippen LogP contribution in [0.2, 0.25) is 0 Å². The summed E-state index contributed by atoms with van der Waals surface area (Å²) in [6, 6.07) is 5.34. The van der Waals surface area contributed by atoms with Crippen LogP contribution in [0, 0.1) is 0 Å². The largest absolute Gasteiger partial charge is 0.487 e. The molecular formula is C19H19NO6. The van der Waals surface area contributed by atoms with E-state index in [1.54, 1.807) is 13.3 Å². The van der Waals surface area contributed by atoms with Crippen molar-refractivity contribution in [2.45, 2.75) is 19.1 Å². The zero-order valence-corrected chi connectivity index (χ0v) is 14.6. The number of methoxy groups -OCH3 is 2. The van der Waals surface area contributed by atoms with Gasteiger partial charge in [-0.15, -0.1) is 0 Å². The van der Waals surface area contributed by atoms with Crippen LogP contribution in [0.1, 0.15) is 15.9 Å². The maximum Gasteiger partial charge on any atom is 0.343 e. The monoisotopic (exact) mass is 357 g/mol. The van der Waals surface area contributed by atoms with Gasteiger partial charge in [0, 0.05) is 31.5 Å². The Balaban J connectivity index is 1.79. The Bertz CT molecular complexity index is 932. The van der Waals surface area contributed by atoms with Crippen molar-refractivity contribution in [2.24, 2.45) is 0 Å². The van der Waals surface area contributed by atoms with Crippen molar-refractivity contribution < 1.29 is 23.7 Å². The topological polar surface area (TPSA) is 76.0 Å². The average molecular weight is 357 g/mol. The summed E-state index contributed by atoms with van der Waals surface area (Å²) >= 11 is 0. The van der Waals surface area contributed by atoms with Crippen molar-refractivity contribution in [1.82, 2.24) is 4.57 Å². The second kappa shape index (κ2) is 6.49. The van der Waals surface area contributed by atoms with Crippen LogP contribution in [0.25, 0.3) is 11.3 Å². The van der Waals surface area contributed by atoms with Gasteiger partial charge in [0.15, 0.2) is 16.9 Å². The third-order valence-electron chi connectivity index (χ3n) is 4.78. The van der Waals surface area contributed by atoms with E-state index in [1.165, 1.54) is 13.2 Å². The Labute approximate surface area is 150 Å². The van der Waals surface area contributed by atoms with E-state index < -0.39 is 5.97 Å². The molecule has 0 amide bonds. The fourth-order valence-corrected chi connectivity index (χ4v) is 3.32. The van der Waals surface area contributed by atoms with E-state index in [0.29, 0.717) is 31.3 Å². The number of hydrogen-bond acceptors (Lipinski definition) is 6. The molecule has 2 aromatic rings. The Kier molecular flexibility index (Phi) is 4.16. The molecule has 0 saturated carbocycles. The molecule has 0 saturated heterocycles. The summed E-state index contributed by atoms with van der Waals surface area (Å²) in [5.74, 6) is 0.687. The molecule has 26 heavy (non-hydrogen) atoms. The molecule has 0 N–H and O–H groups in total. The Morgan fingerprint density at radius 3 is 2.58 bits per heavy atom. The normalized spacial score (nSPS) is 17.7. The maximum atomic E-state index is 12.3. The third kappa shape index (κ3) is 2.74. The van der Waals surface area contributed by atoms with Crippen molar-refractivity contribution in [3.63, 3.8) is 0 Å². The van der Waals surface area contributed by atoms with Crippen molar-refractivity contribution in [2.75, 3.05) is 27.4 Å². The quantitative estimate of drug-likeness (QED) is 0.761. The molecule has 3 heterocycles. The molecule has 1 aromatic carbocycles. The molecular weight excluding hydrogens is 338 g/mol. The lowest BCUT2D eigenvalue weighted by molar-refractivity contribution is 0.0366. The minimum absolute atomic E-state index is 0.0389. The van der Waals surface area contributed by atoms with E-state index in [1.807, 2.05) is 16.7 Å². The van der Waals surface area contributed by atoms with Gasteiger partial charge in [-0.3, -0.25) is 4.79 Å². The van der Waals surface area contributed by atoms with Gasteiger partial charge in [-0.25, -0.2) is 4.79 Å². The van der Waals surface area contributed by atoms with Gasteiger partial charge in [0.05, 0.1) is 12.8 Å². The molecule has 2 aliphatic rings. The lowest BCUT2D eigenvalue weighted by Gasteiger charge is -2.24. The van der Waals surface area contributed by atoms with Gasteiger partial charge in [0.1, 0.15) is 24.9 Å². The molecule has 1 atom stereocenters. The smallest absolute Gasteiger partial charge is 0.343 e. The summed E-state index contributed by atoms with van der Waals surface area (Å²) in [6.07, 6.45) is 2.20. The molecule has 2 aliphatic heterocycles. The molecule has 136 valence electrons. The van der Waals surface area contributed by atoms with E-state index in [4.69, 9.17) is 14.2 Å². The van der Waals surface area contributed by atoms with Gasteiger partial charge in [-0.1, -0.05) is 0 Å². The minimum atomic E-state index is -0.625. The molecule has 0 spiro atoms. The minimum Gasteiger partial charge on any atom is -0.487 e. The summed E-state index contributed by atoms with van der Waals surface area (Å²) < 4.78 is 23.5. The molecule has 4 rings (SSSR count).